The second-order valence-corrected chi connectivity index (χ2v) is 1.80. The van der Waals surface area contributed by atoms with Crippen molar-refractivity contribution >= 4 is 0 Å². The molecule has 0 atom stereocenters. The van der Waals surface area contributed by atoms with Crippen LogP contribution < -0.4 is 0 Å². The first-order valence-corrected chi connectivity index (χ1v) is 3.73. The molecule has 68 valence electrons. The minimum Gasteiger partial charge on any atom is -0.379 e. The van der Waals surface area contributed by atoms with Crippen LogP contribution >= 0.6 is 0 Å². The van der Waals surface area contributed by atoms with Gasteiger partial charge in [-0.15, -0.1) is 0 Å². The molecule has 0 aliphatic rings. The third-order valence-electron chi connectivity index (χ3n) is 1.00. The average Bonchev–Trinajstić information content (AvgIpc) is 2.03. The molecular weight excluding hydrogens is 148 g/mol. The van der Waals surface area contributed by atoms with E-state index in [9.17, 15) is 0 Å². The van der Waals surface area contributed by atoms with Gasteiger partial charge in [0.1, 0.15) is 6.61 Å². The second-order valence-electron chi connectivity index (χ2n) is 1.80. The molecule has 0 spiro atoms. The molecule has 0 heterocycles. The van der Waals surface area contributed by atoms with Crippen molar-refractivity contribution in [1.29, 1.82) is 0 Å². The molecule has 0 aromatic heterocycles. The highest BCUT2D eigenvalue weighted by atomic mass is 17.2. The summed E-state index contributed by atoms with van der Waals surface area (Å²) in [7, 11) is 1.47. The molecular formula is C7H16O4. The molecule has 0 fully saturated rings. The molecule has 0 saturated heterocycles. The van der Waals surface area contributed by atoms with Crippen molar-refractivity contribution in [1.82, 2.24) is 0 Å². The highest BCUT2D eigenvalue weighted by Gasteiger charge is 1.88. The molecule has 4 nitrogen and oxygen atoms in total. The summed E-state index contributed by atoms with van der Waals surface area (Å²) in [6.45, 7) is 4.94. The van der Waals surface area contributed by atoms with Gasteiger partial charge in [-0.1, -0.05) is 0 Å². The van der Waals surface area contributed by atoms with Crippen LogP contribution in [0, 0.1) is 0 Å². The van der Waals surface area contributed by atoms with Gasteiger partial charge in [0.05, 0.1) is 26.9 Å². The number of hydrogen-bond donors (Lipinski definition) is 0. The van der Waals surface area contributed by atoms with E-state index in [-0.39, 0.29) is 0 Å². The van der Waals surface area contributed by atoms with Crippen LogP contribution in [-0.2, 0) is 19.2 Å². The van der Waals surface area contributed by atoms with Gasteiger partial charge in [-0.3, -0.25) is 0 Å². The molecule has 11 heavy (non-hydrogen) atoms. The van der Waals surface area contributed by atoms with E-state index in [0.717, 1.165) is 6.61 Å². The molecule has 0 radical (unpaired) electrons. The smallest absolute Gasteiger partial charge is 0.106 e. The van der Waals surface area contributed by atoms with E-state index in [1.165, 1.54) is 7.11 Å². The summed E-state index contributed by atoms with van der Waals surface area (Å²) in [5.74, 6) is 0. The summed E-state index contributed by atoms with van der Waals surface area (Å²) in [6.07, 6.45) is 0. The summed E-state index contributed by atoms with van der Waals surface area (Å²) >= 11 is 0. The first kappa shape index (κ1) is 10.8. The Morgan fingerprint density at radius 3 is 2.18 bits per heavy atom. The first-order chi connectivity index (χ1) is 5.41. The van der Waals surface area contributed by atoms with Crippen LogP contribution in [0.25, 0.3) is 0 Å². The molecule has 0 rings (SSSR count). The van der Waals surface area contributed by atoms with Gasteiger partial charge in [0.2, 0.25) is 0 Å². The Bertz CT molecular complexity index is 59.5. The normalized spacial score (nSPS) is 10.4. The molecule has 0 amide bonds. The Morgan fingerprint density at radius 1 is 0.909 bits per heavy atom. The maximum Gasteiger partial charge on any atom is 0.106 e. The molecule has 0 N–H and O–H groups in total. The second kappa shape index (κ2) is 9.84. The largest absolute Gasteiger partial charge is 0.379 e. The highest BCUT2D eigenvalue weighted by molar-refractivity contribution is 4.28. The molecule has 0 bridgehead atoms. The minimum atomic E-state index is 0.461. The van der Waals surface area contributed by atoms with E-state index < -0.39 is 0 Å². The van der Waals surface area contributed by atoms with E-state index in [4.69, 9.17) is 9.47 Å². The monoisotopic (exact) mass is 164 g/mol. The van der Waals surface area contributed by atoms with Crippen LogP contribution in [0.1, 0.15) is 6.92 Å². The van der Waals surface area contributed by atoms with E-state index in [2.05, 4.69) is 9.78 Å². The maximum atomic E-state index is 5.11. The molecule has 0 aromatic rings. The number of hydrogen-bond acceptors (Lipinski definition) is 4. The van der Waals surface area contributed by atoms with Crippen molar-refractivity contribution in [3.8, 4) is 0 Å². The van der Waals surface area contributed by atoms with Crippen LogP contribution in [0.2, 0.25) is 0 Å². The zero-order valence-corrected chi connectivity index (χ0v) is 7.17. The van der Waals surface area contributed by atoms with E-state index in [1.54, 1.807) is 0 Å². The first-order valence-electron chi connectivity index (χ1n) is 3.73. The van der Waals surface area contributed by atoms with Gasteiger partial charge < -0.3 is 9.47 Å². The van der Waals surface area contributed by atoms with Gasteiger partial charge in [0, 0.05) is 6.61 Å². The fourth-order valence-electron chi connectivity index (χ4n) is 0.541. The van der Waals surface area contributed by atoms with Gasteiger partial charge in [0.25, 0.3) is 0 Å². The van der Waals surface area contributed by atoms with Crippen molar-refractivity contribution in [2.45, 2.75) is 6.92 Å². The lowest BCUT2D eigenvalue weighted by molar-refractivity contribution is -0.277. The fourth-order valence-corrected chi connectivity index (χ4v) is 0.541. The van der Waals surface area contributed by atoms with E-state index >= 15 is 0 Å². The van der Waals surface area contributed by atoms with Crippen molar-refractivity contribution in [3.63, 3.8) is 0 Å². The SMILES string of the molecule is CCOCCOCCOOC. The van der Waals surface area contributed by atoms with Crippen LogP contribution in [0.4, 0.5) is 0 Å². The number of rotatable bonds is 8. The summed E-state index contributed by atoms with van der Waals surface area (Å²) in [4.78, 5) is 8.93. The molecule has 0 aromatic carbocycles. The molecule has 0 aliphatic carbocycles. The van der Waals surface area contributed by atoms with Crippen molar-refractivity contribution in [2.75, 3.05) is 40.1 Å². The maximum absolute atomic E-state index is 5.11. The highest BCUT2D eigenvalue weighted by Crippen LogP contribution is 1.79. The van der Waals surface area contributed by atoms with Gasteiger partial charge in [-0.05, 0) is 6.92 Å². The van der Waals surface area contributed by atoms with Crippen molar-refractivity contribution < 1.29 is 19.2 Å². The summed E-state index contributed by atoms with van der Waals surface area (Å²) in [6, 6.07) is 0. The zero-order chi connectivity index (χ0) is 8.36. The molecule has 4 heteroatoms. The molecule has 0 aliphatic heterocycles. The molecule has 0 unspecified atom stereocenters. The summed E-state index contributed by atoms with van der Waals surface area (Å²) < 4.78 is 10.2. The Balaban J connectivity index is 2.69. The minimum absolute atomic E-state index is 0.461. The predicted octanol–water partition coefficient (Wildman–Crippen LogP) is 0.617. The molecule has 0 saturated carbocycles. The third-order valence-corrected chi connectivity index (χ3v) is 1.00. The van der Waals surface area contributed by atoms with Crippen LogP contribution in [0.3, 0.4) is 0 Å². The van der Waals surface area contributed by atoms with Gasteiger partial charge >= 0.3 is 0 Å². The Morgan fingerprint density at radius 2 is 1.55 bits per heavy atom. The third kappa shape index (κ3) is 9.84. The predicted molar refractivity (Wildman–Crippen MR) is 40.3 cm³/mol. The Labute approximate surface area is 67.3 Å². The van der Waals surface area contributed by atoms with Gasteiger partial charge in [-0.2, -0.15) is 0 Å². The standard InChI is InChI=1S/C7H16O4/c1-3-9-4-5-10-6-7-11-8-2/h3-7H2,1-2H3. The van der Waals surface area contributed by atoms with Crippen LogP contribution in [0.15, 0.2) is 0 Å². The Kier molecular flexibility index (Phi) is 9.70. The topological polar surface area (TPSA) is 36.9 Å². The quantitative estimate of drug-likeness (QED) is 0.299. The fraction of sp³-hybridized carbons (Fsp3) is 1.00. The average molecular weight is 164 g/mol. The van der Waals surface area contributed by atoms with Gasteiger partial charge in [0.15, 0.2) is 0 Å². The Hall–Kier alpha value is -0.160. The van der Waals surface area contributed by atoms with Crippen molar-refractivity contribution in [3.05, 3.63) is 0 Å². The lowest BCUT2D eigenvalue weighted by Crippen LogP contribution is -2.08. The van der Waals surface area contributed by atoms with Crippen LogP contribution in [0.5, 0.6) is 0 Å². The summed E-state index contributed by atoms with van der Waals surface area (Å²) in [5.41, 5.74) is 0. The lowest BCUT2D eigenvalue weighted by Gasteiger charge is -2.03. The van der Waals surface area contributed by atoms with Crippen molar-refractivity contribution in [2.24, 2.45) is 0 Å². The van der Waals surface area contributed by atoms with E-state index in [0.29, 0.717) is 26.4 Å². The van der Waals surface area contributed by atoms with Gasteiger partial charge in [-0.25, -0.2) is 9.78 Å². The van der Waals surface area contributed by atoms with Crippen LogP contribution in [-0.4, -0.2) is 40.1 Å². The summed E-state index contributed by atoms with van der Waals surface area (Å²) in [5, 5.41) is 0. The van der Waals surface area contributed by atoms with E-state index in [1.807, 2.05) is 6.92 Å². The lowest BCUT2D eigenvalue weighted by atomic mass is 10.7. The zero-order valence-electron chi connectivity index (χ0n) is 7.17. The number of ether oxygens (including phenoxy) is 2.